The lowest BCUT2D eigenvalue weighted by Crippen LogP contribution is -2.21. The van der Waals surface area contributed by atoms with Crippen LogP contribution in [0.4, 0.5) is 0 Å². The van der Waals surface area contributed by atoms with Crippen molar-refractivity contribution in [1.82, 2.24) is 10.0 Å². The van der Waals surface area contributed by atoms with E-state index in [1.807, 2.05) is 0 Å². The maximum atomic E-state index is 11.6. The highest BCUT2D eigenvalue weighted by Gasteiger charge is 2.14. The summed E-state index contributed by atoms with van der Waals surface area (Å²) in [6.45, 7) is 1.06. The van der Waals surface area contributed by atoms with Crippen LogP contribution < -0.4 is 15.8 Å². The Labute approximate surface area is 142 Å². The molecule has 0 aliphatic carbocycles. The Bertz CT molecular complexity index is 546. The number of nitrogens with two attached hydrogens (primary N) is 1. The van der Waals surface area contributed by atoms with E-state index in [1.54, 1.807) is 12.1 Å². The van der Waals surface area contributed by atoms with Gasteiger partial charge in [0.15, 0.2) is 0 Å². The van der Waals surface area contributed by atoms with Crippen molar-refractivity contribution in [3.63, 3.8) is 0 Å². The molecule has 1 aromatic rings. The Kier molecular flexibility index (Phi) is 10.6. The molecule has 0 saturated heterocycles. The molecule has 22 heavy (non-hydrogen) atoms. The predicted octanol–water partition coefficient (Wildman–Crippen LogP) is 1.60. The van der Waals surface area contributed by atoms with E-state index in [9.17, 15) is 13.2 Å². The minimum absolute atomic E-state index is 0. The maximum Gasteiger partial charge on any atom is 0.249 e. The Morgan fingerprint density at radius 3 is 2.55 bits per heavy atom. The van der Waals surface area contributed by atoms with Crippen LogP contribution in [0.15, 0.2) is 16.3 Å². The average Bonchev–Trinajstić information content (AvgIpc) is 2.94. The van der Waals surface area contributed by atoms with Crippen LogP contribution in [0.5, 0.6) is 0 Å². The minimum atomic E-state index is -3.39. The van der Waals surface area contributed by atoms with Crippen LogP contribution >= 0.6 is 23.7 Å². The molecule has 1 aromatic heterocycles. The third kappa shape index (κ3) is 7.55. The number of hydrogen-bond acceptors (Lipinski definition) is 5. The monoisotopic (exact) mass is 369 g/mol. The molecule has 0 aromatic carbocycles. The number of halogens is 1. The summed E-state index contributed by atoms with van der Waals surface area (Å²) in [5.41, 5.74) is 5.40. The third-order valence-electron chi connectivity index (χ3n) is 2.99. The molecular formula is C13H24ClN3O3S2. The van der Waals surface area contributed by atoms with E-state index in [1.165, 1.54) is 7.05 Å². The summed E-state index contributed by atoms with van der Waals surface area (Å²) in [7, 11) is -2.02. The Hall–Kier alpha value is -0.670. The van der Waals surface area contributed by atoms with Gasteiger partial charge in [-0.3, -0.25) is 4.79 Å². The second kappa shape index (κ2) is 11.0. The fraction of sp³-hybridized carbons (Fsp3) is 0.615. The first-order chi connectivity index (χ1) is 9.99. The fourth-order valence-corrected chi connectivity index (χ4v) is 3.89. The summed E-state index contributed by atoms with van der Waals surface area (Å²) in [6.07, 6.45) is 4.42. The Balaban J connectivity index is 0.00000441. The molecule has 6 nitrogen and oxygen atoms in total. The average molecular weight is 370 g/mol. The summed E-state index contributed by atoms with van der Waals surface area (Å²) in [5.74, 6) is -0.00540. The number of carbonyl (C=O) groups excluding carboxylic acids is 1. The van der Waals surface area contributed by atoms with Crippen molar-refractivity contribution in [2.24, 2.45) is 5.73 Å². The van der Waals surface area contributed by atoms with Crippen LogP contribution in [0.1, 0.15) is 37.0 Å². The van der Waals surface area contributed by atoms with Crippen molar-refractivity contribution in [1.29, 1.82) is 0 Å². The topological polar surface area (TPSA) is 101 Å². The molecular weight excluding hydrogens is 346 g/mol. The largest absolute Gasteiger partial charge is 0.351 e. The van der Waals surface area contributed by atoms with Crippen LogP contribution in [-0.2, 0) is 21.4 Å². The zero-order valence-corrected chi connectivity index (χ0v) is 15.1. The molecule has 0 radical (unpaired) electrons. The van der Waals surface area contributed by atoms with Crippen molar-refractivity contribution in [3.05, 3.63) is 17.0 Å². The number of thiophene rings is 1. The highest BCUT2D eigenvalue weighted by molar-refractivity contribution is 7.91. The lowest BCUT2D eigenvalue weighted by atomic mass is 10.1. The van der Waals surface area contributed by atoms with E-state index in [-0.39, 0.29) is 22.5 Å². The molecule has 1 heterocycles. The molecule has 1 rings (SSSR count). The zero-order valence-electron chi connectivity index (χ0n) is 12.6. The number of sulfonamides is 1. The van der Waals surface area contributed by atoms with E-state index < -0.39 is 10.0 Å². The second-order valence-electron chi connectivity index (χ2n) is 4.66. The summed E-state index contributed by atoms with van der Waals surface area (Å²) in [5, 5.41) is 2.80. The first kappa shape index (κ1) is 21.3. The Morgan fingerprint density at radius 2 is 1.91 bits per heavy atom. The van der Waals surface area contributed by atoms with Crippen LogP contribution in [0.2, 0.25) is 0 Å². The number of unbranched alkanes of at least 4 members (excludes halogenated alkanes) is 3. The van der Waals surface area contributed by atoms with Crippen molar-refractivity contribution in [2.45, 2.75) is 42.9 Å². The van der Waals surface area contributed by atoms with Gasteiger partial charge in [-0.05, 0) is 38.6 Å². The summed E-state index contributed by atoms with van der Waals surface area (Å²) < 4.78 is 25.7. The van der Waals surface area contributed by atoms with Crippen molar-refractivity contribution in [2.75, 3.05) is 13.6 Å². The lowest BCUT2D eigenvalue weighted by molar-refractivity contribution is -0.121. The molecule has 0 atom stereocenters. The first-order valence-corrected chi connectivity index (χ1v) is 9.28. The van der Waals surface area contributed by atoms with Gasteiger partial charge in [-0.1, -0.05) is 12.8 Å². The minimum Gasteiger partial charge on any atom is -0.351 e. The predicted molar refractivity (Wildman–Crippen MR) is 91.8 cm³/mol. The van der Waals surface area contributed by atoms with Crippen LogP contribution in [0.25, 0.3) is 0 Å². The van der Waals surface area contributed by atoms with Crippen LogP contribution in [-0.4, -0.2) is 27.9 Å². The molecule has 0 aliphatic heterocycles. The van der Waals surface area contributed by atoms with Gasteiger partial charge >= 0.3 is 0 Å². The van der Waals surface area contributed by atoms with E-state index in [4.69, 9.17) is 5.73 Å². The highest BCUT2D eigenvalue weighted by atomic mass is 35.5. The summed E-state index contributed by atoms with van der Waals surface area (Å²) in [6, 6.07) is 3.27. The SMILES string of the molecule is CNS(=O)(=O)c1ccc(CNC(=O)CCCCCCN)s1.Cl. The zero-order chi connectivity index (χ0) is 15.7. The highest BCUT2D eigenvalue weighted by Crippen LogP contribution is 2.21. The molecule has 0 aliphatic rings. The smallest absolute Gasteiger partial charge is 0.249 e. The van der Waals surface area contributed by atoms with Gasteiger partial charge in [0.1, 0.15) is 4.21 Å². The van der Waals surface area contributed by atoms with E-state index in [0.29, 0.717) is 19.5 Å². The first-order valence-electron chi connectivity index (χ1n) is 6.98. The molecule has 4 N–H and O–H groups in total. The number of hydrogen-bond donors (Lipinski definition) is 3. The number of rotatable bonds is 10. The standard InChI is InChI=1S/C13H23N3O3S2.ClH/c1-15-21(18,19)13-8-7-11(20-13)10-16-12(17)6-4-2-3-5-9-14;/h7-8,15H,2-6,9-10,14H2,1H3,(H,16,17);1H. The molecule has 0 fully saturated rings. The van der Waals surface area contributed by atoms with Gasteiger partial charge in [0.05, 0.1) is 6.54 Å². The number of carbonyl (C=O) groups is 1. The lowest BCUT2D eigenvalue weighted by Gasteiger charge is -2.03. The quantitative estimate of drug-likeness (QED) is 0.545. The molecule has 0 bridgehead atoms. The van der Waals surface area contributed by atoms with Gasteiger partial charge in [-0.25, -0.2) is 13.1 Å². The third-order valence-corrected chi connectivity index (χ3v) is 5.98. The molecule has 128 valence electrons. The molecule has 0 saturated carbocycles. The number of nitrogens with one attached hydrogen (secondary N) is 2. The van der Waals surface area contributed by atoms with Crippen LogP contribution in [0, 0.1) is 0 Å². The van der Waals surface area contributed by atoms with E-state index >= 15 is 0 Å². The molecule has 0 spiro atoms. The van der Waals surface area contributed by atoms with Crippen molar-refractivity contribution in [3.8, 4) is 0 Å². The fourth-order valence-electron chi connectivity index (χ4n) is 1.76. The molecule has 0 unspecified atom stereocenters. The molecule has 9 heteroatoms. The summed E-state index contributed by atoms with van der Waals surface area (Å²) in [4.78, 5) is 12.5. The van der Waals surface area contributed by atoms with Gasteiger partial charge in [0, 0.05) is 11.3 Å². The normalized spacial score (nSPS) is 11.0. The van der Waals surface area contributed by atoms with Gasteiger partial charge in [0.25, 0.3) is 0 Å². The van der Waals surface area contributed by atoms with E-state index in [2.05, 4.69) is 10.0 Å². The van der Waals surface area contributed by atoms with E-state index in [0.717, 1.165) is 41.9 Å². The second-order valence-corrected chi connectivity index (χ2v) is 7.94. The van der Waals surface area contributed by atoms with Crippen molar-refractivity contribution >= 4 is 39.7 Å². The number of amides is 1. The van der Waals surface area contributed by atoms with Crippen LogP contribution in [0.3, 0.4) is 0 Å². The van der Waals surface area contributed by atoms with Gasteiger partial charge in [-0.15, -0.1) is 23.7 Å². The maximum absolute atomic E-state index is 11.6. The molecule has 1 amide bonds. The van der Waals surface area contributed by atoms with Gasteiger partial charge in [0.2, 0.25) is 15.9 Å². The van der Waals surface area contributed by atoms with Crippen molar-refractivity contribution < 1.29 is 13.2 Å². The summed E-state index contributed by atoms with van der Waals surface area (Å²) >= 11 is 1.16. The van der Waals surface area contributed by atoms with Gasteiger partial charge in [-0.2, -0.15) is 0 Å². The van der Waals surface area contributed by atoms with Gasteiger partial charge < -0.3 is 11.1 Å². The Morgan fingerprint density at radius 1 is 1.23 bits per heavy atom.